The molecule has 1 atom stereocenters. The Labute approximate surface area is 128 Å². The molecule has 1 rings (SSSR count). The summed E-state index contributed by atoms with van der Waals surface area (Å²) in [5.41, 5.74) is 8.60. The monoisotopic (exact) mass is 289 g/mol. The van der Waals surface area contributed by atoms with Gasteiger partial charge in [-0.1, -0.05) is 25.1 Å². The number of nitrogens with two attached hydrogens (primary N) is 1. The molecule has 1 amide bonds. The van der Waals surface area contributed by atoms with E-state index in [9.17, 15) is 4.79 Å². The topological polar surface area (TPSA) is 58.4 Å². The molecule has 0 aliphatic heterocycles. The third-order valence-electron chi connectivity index (χ3n) is 3.33. The van der Waals surface area contributed by atoms with Gasteiger partial charge in [0.05, 0.1) is 0 Å². The summed E-state index contributed by atoms with van der Waals surface area (Å²) >= 11 is 0. The quantitative estimate of drug-likeness (QED) is 0.754. The van der Waals surface area contributed by atoms with Gasteiger partial charge in [-0.25, -0.2) is 0 Å². The van der Waals surface area contributed by atoms with Crippen LogP contribution in [0.2, 0.25) is 0 Å². The van der Waals surface area contributed by atoms with Gasteiger partial charge in [0.2, 0.25) is 5.91 Å². The van der Waals surface area contributed by atoms with E-state index in [4.69, 9.17) is 5.73 Å². The molecule has 0 bridgehead atoms. The van der Waals surface area contributed by atoms with Crippen molar-refractivity contribution in [1.82, 2.24) is 5.32 Å². The van der Waals surface area contributed by atoms with Crippen molar-refractivity contribution in [2.75, 3.05) is 32.1 Å². The molecule has 0 heterocycles. The van der Waals surface area contributed by atoms with Crippen LogP contribution in [0.15, 0.2) is 35.9 Å². The van der Waals surface area contributed by atoms with Gasteiger partial charge in [0, 0.05) is 38.4 Å². The zero-order valence-corrected chi connectivity index (χ0v) is 13.5. The molecule has 0 aliphatic rings. The molecule has 0 aromatic heterocycles. The lowest BCUT2D eigenvalue weighted by atomic mass is 9.98. The zero-order chi connectivity index (χ0) is 15.8. The molecule has 1 aromatic carbocycles. The third kappa shape index (κ3) is 6.00. The Morgan fingerprint density at radius 1 is 1.33 bits per heavy atom. The Hall–Kier alpha value is -1.81. The van der Waals surface area contributed by atoms with Crippen LogP contribution in [0, 0.1) is 5.92 Å². The zero-order valence-electron chi connectivity index (χ0n) is 13.5. The van der Waals surface area contributed by atoms with Gasteiger partial charge in [-0.15, -0.1) is 0 Å². The maximum absolute atomic E-state index is 11.8. The van der Waals surface area contributed by atoms with E-state index in [1.165, 1.54) is 11.3 Å². The molecule has 1 aromatic rings. The summed E-state index contributed by atoms with van der Waals surface area (Å²) in [6.07, 6.45) is 2.95. The molecule has 0 unspecified atom stereocenters. The minimum absolute atomic E-state index is 0.0322. The summed E-state index contributed by atoms with van der Waals surface area (Å²) in [5.74, 6) is 0.286. The largest absolute Gasteiger partial charge is 0.378 e. The first-order valence-corrected chi connectivity index (χ1v) is 7.37. The lowest BCUT2D eigenvalue weighted by Gasteiger charge is -2.14. The highest BCUT2D eigenvalue weighted by Gasteiger charge is 2.07. The van der Waals surface area contributed by atoms with Gasteiger partial charge in [-0.05, 0) is 37.0 Å². The Kier molecular flexibility index (Phi) is 6.96. The second-order valence-electron chi connectivity index (χ2n) is 5.64. The van der Waals surface area contributed by atoms with Crippen molar-refractivity contribution in [1.29, 1.82) is 0 Å². The number of nitrogens with zero attached hydrogens (tertiary/aromatic N) is 1. The molecule has 0 spiro atoms. The molecule has 0 radical (unpaired) electrons. The van der Waals surface area contributed by atoms with Gasteiger partial charge >= 0.3 is 0 Å². The number of hydrogen-bond acceptors (Lipinski definition) is 3. The number of rotatable bonds is 7. The number of amides is 1. The van der Waals surface area contributed by atoms with E-state index >= 15 is 0 Å². The Morgan fingerprint density at radius 3 is 2.48 bits per heavy atom. The molecule has 0 aliphatic carbocycles. The first-order valence-electron chi connectivity index (χ1n) is 7.37. The lowest BCUT2D eigenvalue weighted by Crippen LogP contribution is -2.29. The average Bonchev–Trinajstić information content (AvgIpc) is 2.45. The van der Waals surface area contributed by atoms with E-state index in [1.54, 1.807) is 0 Å². The van der Waals surface area contributed by atoms with Crippen LogP contribution in [0.25, 0.3) is 0 Å². The fourth-order valence-electron chi connectivity index (χ4n) is 2.19. The highest BCUT2D eigenvalue weighted by atomic mass is 16.1. The number of carbonyl (C=O) groups excluding carboxylic acids is 1. The molecule has 3 N–H and O–H groups in total. The molecule has 21 heavy (non-hydrogen) atoms. The van der Waals surface area contributed by atoms with E-state index in [0.717, 1.165) is 12.0 Å². The normalized spacial score (nSPS) is 12.9. The maximum Gasteiger partial charge on any atom is 0.246 e. The number of hydrogen-bond donors (Lipinski definition) is 2. The molecular formula is C17H27N3O. The molecular weight excluding hydrogens is 262 g/mol. The van der Waals surface area contributed by atoms with Crippen LogP contribution in [0.5, 0.6) is 0 Å². The van der Waals surface area contributed by atoms with E-state index < -0.39 is 0 Å². The molecule has 4 heteroatoms. The number of carbonyl (C=O) groups is 1. The first kappa shape index (κ1) is 17.2. The molecule has 116 valence electrons. The van der Waals surface area contributed by atoms with Crippen molar-refractivity contribution in [2.45, 2.75) is 20.3 Å². The van der Waals surface area contributed by atoms with Gasteiger partial charge in [-0.3, -0.25) is 4.79 Å². The molecule has 0 saturated heterocycles. The van der Waals surface area contributed by atoms with Crippen LogP contribution in [-0.2, 0) is 11.2 Å². The van der Waals surface area contributed by atoms with Crippen molar-refractivity contribution in [3.63, 3.8) is 0 Å². The molecule has 0 fully saturated rings. The van der Waals surface area contributed by atoms with Crippen molar-refractivity contribution < 1.29 is 4.79 Å². The summed E-state index contributed by atoms with van der Waals surface area (Å²) in [6.45, 7) is 4.95. The summed E-state index contributed by atoms with van der Waals surface area (Å²) in [5, 5.41) is 2.78. The van der Waals surface area contributed by atoms with Gasteiger partial charge in [0.15, 0.2) is 0 Å². The summed E-state index contributed by atoms with van der Waals surface area (Å²) in [7, 11) is 4.06. The summed E-state index contributed by atoms with van der Waals surface area (Å²) < 4.78 is 0. The maximum atomic E-state index is 11.8. The van der Waals surface area contributed by atoms with Gasteiger partial charge in [0.25, 0.3) is 0 Å². The Morgan fingerprint density at radius 2 is 1.95 bits per heavy atom. The molecule has 4 nitrogen and oxygen atoms in total. The SMILES string of the molecule is C/C(=C\[C@H](C)Cc1ccc(N(C)C)cc1)C(=O)NCCN. The van der Waals surface area contributed by atoms with Crippen LogP contribution in [0.3, 0.4) is 0 Å². The fraction of sp³-hybridized carbons (Fsp3) is 0.471. The summed E-state index contributed by atoms with van der Waals surface area (Å²) in [4.78, 5) is 13.9. The second-order valence-corrected chi connectivity index (χ2v) is 5.64. The first-order chi connectivity index (χ1) is 9.93. The van der Waals surface area contributed by atoms with Crippen LogP contribution < -0.4 is 16.0 Å². The molecule has 0 saturated carbocycles. The van der Waals surface area contributed by atoms with Crippen molar-refractivity contribution in [3.05, 3.63) is 41.5 Å². The van der Waals surface area contributed by atoms with E-state index in [0.29, 0.717) is 19.0 Å². The Balaban J connectivity index is 2.59. The average molecular weight is 289 g/mol. The predicted octanol–water partition coefficient (Wildman–Crippen LogP) is 1.95. The highest BCUT2D eigenvalue weighted by molar-refractivity contribution is 5.92. The van der Waals surface area contributed by atoms with Gasteiger partial charge in [0.1, 0.15) is 0 Å². The van der Waals surface area contributed by atoms with E-state index in [-0.39, 0.29) is 5.91 Å². The fourth-order valence-corrected chi connectivity index (χ4v) is 2.19. The predicted molar refractivity (Wildman–Crippen MR) is 89.5 cm³/mol. The van der Waals surface area contributed by atoms with Crippen molar-refractivity contribution in [2.24, 2.45) is 11.7 Å². The number of allylic oxidation sites excluding steroid dienone is 1. The smallest absolute Gasteiger partial charge is 0.246 e. The highest BCUT2D eigenvalue weighted by Crippen LogP contribution is 2.16. The number of anilines is 1. The van der Waals surface area contributed by atoms with Crippen molar-refractivity contribution in [3.8, 4) is 0 Å². The van der Waals surface area contributed by atoms with E-state index in [2.05, 4.69) is 41.4 Å². The Bertz CT molecular complexity index is 477. The lowest BCUT2D eigenvalue weighted by molar-refractivity contribution is -0.117. The number of benzene rings is 1. The minimum atomic E-state index is -0.0322. The van der Waals surface area contributed by atoms with E-state index in [1.807, 2.05) is 27.1 Å². The van der Waals surface area contributed by atoms with Crippen LogP contribution in [0.4, 0.5) is 5.69 Å². The van der Waals surface area contributed by atoms with Crippen molar-refractivity contribution >= 4 is 11.6 Å². The van der Waals surface area contributed by atoms with Gasteiger partial charge < -0.3 is 16.0 Å². The summed E-state index contributed by atoms with van der Waals surface area (Å²) in [6, 6.07) is 8.52. The second kappa shape index (κ2) is 8.47. The third-order valence-corrected chi connectivity index (χ3v) is 3.33. The van der Waals surface area contributed by atoms with Crippen LogP contribution in [-0.4, -0.2) is 33.1 Å². The van der Waals surface area contributed by atoms with Crippen LogP contribution in [0.1, 0.15) is 19.4 Å². The standard InChI is InChI=1S/C17H27N3O/c1-13(11-14(2)17(21)19-10-9-18)12-15-5-7-16(8-6-15)20(3)4/h5-8,11,13H,9-10,12,18H2,1-4H3,(H,19,21)/b14-11+/t13-/m0/s1. The van der Waals surface area contributed by atoms with Gasteiger partial charge in [-0.2, -0.15) is 0 Å². The number of nitrogens with one attached hydrogen (secondary N) is 1. The van der Waals surface area contributed by atoms with Crippen LogP contribution >= 0.6 is 0 Å². The minimum Gasteiger partial charge on any atom is -0.378 e.